The molecule has 1 aliphatic rings. The molecular weight excluding hydrogens is 236 g/mol. The van der Waals surface area contributed by atoms with E-state index >= 15 is 0 Å². The fourth-order valence-electron chi connectivity index (χ4n) is 1.94. The molecule has 6 nitrogen and oxygen atoms in total. The number of phenolic OH excluding ortho intramolecular Hbond substituents is 1. The highest BCUT2D eigenvalue weighted by Crippen LogP contribution is 2.14. The average molecular weight is 250 g/mol. The number of aliphatic carboxylic acids is 1. The molecule has 6 heteroatoms. The van der Waals surface area contributed by atoms with Crippen LogP contribution in [0.15, 0.2) is 24.3 Å². The number of carbonyl (C=O) groups is 2. The summed E-state index contributed by atoms with van der Waals surface area (Å²) in [6.45, 7) is 1.18. The number of nitrogens with zero attached hydrogens (tertiary/aromatic N) is 1. The molecular formula is C12H14N2O4. The lowest BCUT2D eigenvalue weighted by Gasteiger charge is -2.33. The van der Waals surface area contributed by atoms with Crippen LogP contribution in [-0.4, -0.2) is 52.7 Å². The number of amides is 1. The second-order valence-corrected chi connectivity index (χ2v) is 4.10. The van der Waals surface area contributed by atoms with Gasteiger partial charge in [0.15, 0.2) is 0 Å². The minimum Gasteiger partial charge on any atom is -0.508 e. The largest absolute Gasteiger partial charge is 0.508 e. The number of carbonyl (C=O) groups excluding carboxylic acids is 1. The van der Waals surface area contributed by atoms with E-state index in [4.69, 9.17) is 10.2 Å². The maximum absolute atomic E-state index is 12.2. The summed E-state index contributed by atoms with van der Waals surface area (Å²) in [5.74, 6) is -1.28. The zero-order valence-electron chi connectivity index (χ0n) is 9.67. The van der Waals surface area contributed by atoms with Gasteiger partial charge in [0.1, 0.15) is 11.8 Å². The van der Waals surface area contributed by atoms with Crippen molar-refractivity contribution >= 4 is 11.9 Å². The molecule has 0 saturated carbocycles. The lowest BCUT2D eigenvalue weighted by molar-refractivity contribution is -0.142. The van der Waals surface area contributed by atoms with Gasteiger partial charge in [-0.15, -0.1) is 0 Å². The van der Waals surface area contributed by atoms with Crippen molar-refractivity contribution in [1.29, 1.82) is 0 Å². The smallest absolute Gasteiger partial charge is 0.327 e. The molecule has 1 unspecified atom stereocenters. The summed E-state index contributed by atoms with van der Waals surface area (Å²) in [5, 5.41) is 21.2. The van der Waals surface area contributed by atoms with E-state index in [1.165, 1.54) is 29.2 Å². The molecule has 1 atom stereocenters. The Hall–Kier alpha value is -2.08. The molecule has 3 N–H and O–H groups in total. The Morgan fingerprint density at radius 1 is 1.28 bits per heavy atom. The van der Waals surface area contributed by atoms with Crippen LogP contribution >= 0.6 is 0 Å². The summed E-state index contributed by atoms with van der Waals surface area (Å²) in [7, 11) is 0. The maximum atomic E-state index is 12.2. The zero-order chi connectivity index (χ0) is 13.1. The first kappa shape index (κ1) is 12.4. The van der Waals surface area contributed by atoms with E-state index in [1.54, 1.807) is 0 Å². The molecule has 2 rings (SSSR count). The normalized spacial score (nSPS) is 19.6. The third kappa shape index (κ3) is 2.43. The van der Waals surface area contributed by atoms with Crippen molar-refractivity contribution in [2.45, 2.75) is 6.04 Å². The minimum absolute atomic E-state index is 0.0710. The van der Waals surface area contributed by atoms with Gasteiger partial charge in [-0.25, -0.2) is 4.79 Å². The van der Waals surface area contributed by atoms with Crippen molar-refractivity contribution in [3.05, 3.63) is 29.8 Å². The Labute approximate surface area is 104 Å². The van der Waals surface area contributed by atoms with E-state index in [0.717, 1.165) is 0 Å². The molecule has 1 aromatic rings. The highest BCUT2D eigenvalue weighted by atomic mass is 16.4. The Morgan fingerprint density at radius 2 is 1.94 bits per heavy atom. The van der Waals surface area contributed by atoms with Crippen LogP contribution < -0.4 is 5.32 Å². The number of nitrogens with one attached hydrogen (secondary N) is 1. The quantitative estimate of drug-likeness (QED) is 0.681. The Kier molecular flexibility index (Phi) is 3.47. The highest BCUT2D eigenvalue weighted by molar-refractivity contribution is 5.96. The van der Waals surface area contributed by atoms with Crippen LogP contribution in [0.2, 0.25) is 0 Å². The number of hydrogen-bond donors (Lipinski definition) is 3. The lowest BCUT2D eigenvalue weighted by Crippen LogP contribution is -2.56. The first-order chi connectivity index (χ1) is 8.59. The third-order valence-electron chi connectivity index (χ3n) is 2.90. The summed E-state index contributed by atoms with van der Waals surface area (Å²) in [4.78, 5) is 24.6. The van der Waals surface area contributed by atoms with Crippen LogP contribution in [0, 0.1) is 0 Å². The van der Waals surface area contributed by atoms with Gasteiger partial charge in [-0.3, -0.25) is 4.79 Å². The van der Waals surface area contributed by atoms with Gasteiger partial charge in [0.25, 0.3) is 5.91 Å². The molecule has 1 aliphatic heterocycles. The SMILES string of the molecule is O=C(O)C1CNCCN1C(=O)c1ccc(O)cc1. The predicted octanol–water partition coefficient (Wildman–Crippen LogP) is -0.109. The van der Waals surface area contributed by atoms with E-state index in [9.17, 15) is 9.59 Å². The number of aromatic hydroxyl groups is 1. The molecule has 0 aromatic heterocycles. The molecule has 0 bridgehead atoms. The van der Waals surface area contributed by atoms with Crippen molar-refractivity contribution in [1.82, 2.24) is 10.2 Å². The Morgan fingerprint density at radius 3 is 2.56 bits per heavy atom. The summed E-state index contributed by atoms with van der Waals surface area (Å²) >= 11 is 0. The number of carboxylic acid groups (broad SMARTS) is 1. The van der Waals surface area contributed by atoms with Crippen LogP contribution in [0.1, 0.15) is 10.4 Å². The number of phenols is 1. The molecule has 18 heavy (non-hydrogen) atoms. The van der Waals surface area contributed by atoms with Gasteiger partial charge in [0.05, 0.1) is 0 Å². The molecule has 96 valence electrons. The number of rotatable bonds is 2. The van der Waals surface area contributed by atoms with E-state index < -0.39 is 12.0 Å². The van der Waals surface area contributed by atoms with Gasteiger partial charge in [-0.2, -0.15) is 0 Å². The van der Waals surface area contributed by atoms with Gasteiger partial charge in [-0.1, -0.05) is 0 Å². The predicted molar refractivity (Wildman–Crippen MR) is 63.4 cm³/mol. The maximum Gasteiger partial charge on any atom is 0.327 e. The van der Waals surface area contributed by atoms with E-state index in [0.29, 0.717) is 18.7 Å². The first-order valence-electron chi connectivity index (χ1n) is 5.63. The molecule has 1 heterocycles. The number of carboxylic acids is 1. The molecule has 0 spiro atoms. The fourth-order valence-corrected chi connectivity index (χ4v) is 1.94. The van der Waals surface area contributed by atoms with Gasteiger partial charge in [-0.05, 0) is 24.3 Å². The Bertz CT molecular complexity index is 458. The molecule has 0 radical (unpaired) electrons. The van der Waals surface area contributed by atoms with Crippen molar-refractivity contribution < 1.29 is 19.8 Å². The van der Waals surface area contributed by atoms with Crippen LogP contribution in [0.3, 0.4) is 0 Å². The summed E-state index contributed by atoms with van der Waals surface area (Å²) in [5.41, 5.74) is 0.376. The molecule has 1 saturated heterocycles. The van der Waals surface area contributed by atoms with Crippen molar-refractivity contribution in [3.63, 3.8) is 0 Å². The second-order valence-electron chi connectivity index (χ2n) is 4.10. The molecule has 1 aromatic carbocycles. The minimum atomic E-state index is -1.02. The van der Waals surface area contributed by atoms with E-state index in [-0.39, 0.29) is 18.2 Å². The zero-order valence-corrected chi connectivity index (χ0v) is 9.67. The van der Waals surface area contributed by atoms with E-state index in [2.05, 4.69) is 5.32 Å². The topological polar surface area (TPSA) is 89.9 Å². The summed E-state index contributed by atoms with van der Waals surface area (Å²) < 4.78 is 0. The first-order valence-corrected chi connectivity index (χ1v) is 5.63. The van der Waals surface area contributed by atoms with Crippen LogP contribution in [0.4, 0.5) is 0 Å². The average Bonchev–Trinajstić information content (AvgIpc) is 2.39. The third-order valence-corrected chi connectivity index (χ3v) is 2.90. The van der Waals surface area contributed by atoms with Gasteiger partial charge >= 0.3 is 5.97 Å². The molecule has 0 aliphatic carbocycles. The van der Waals surface area contributed by atoms with Crippen LogP contribution in [0.25, 0.3) is 0 Å². The Balaban J connectivity index is 2.20. The standard InChI is InChI=1S/C12H14N2O4/c15-9-3-1-8(2-4-9)11(16)14-6-5-13-7-10(14)12(17)18/h1-4,10,13,15H,5-7H2,(H,17,18). The van der Waals surface area contributed by atoms with Crippen LogP contribution in [-0.2, 0) is 4.79 Å². The summed E-state index contributed by atoms with van der Waals surface area (Å²) in [6, 6.07) is 4.94. The number of benzene rings is 1. The van der Waals surface area contributed by atoms with Gasteiger partial charge < -0.3 is 20.4 Å². The number of piperazine rings is 1. The lowest BCUT2D eigenvalue weighted by atomic mass is 10.1. The highest BCUT2D eigenvalue weighted by Gasteiger charge is 2.32. The van der Waals surface area contributed by atoms with E-state index in [1.807, 2.05) is 0 Å². The van der Waals surface area contributed by atoms with Crippen molar-refractivity contribution in [2.75, 3.05) is 19.6 Å². The summed E-state index contributed by atoms with van der Waals surface area (Å²) in [6.07, 6.45) is 0. The molecule has 1 fully saturated rings. The molecule has 1 amide bonds. The number of hydrogen-bond acceptors (Lipinski definition) is 4. The van der Waals surface area contributed by atoms with Crippen molar-refractivity contribution in [2.24, 2.45) is 0 Å². The van der Waals surface area contributed by atoms with Gasteiger partial charge in [0, 0.05) is 25.2 Å². The fraction of sp³-hybridized carbons (Fsp3) is 0.333. The van der Waals surface area contributed by atoms with Crippen LogP contribution in [0.5, 0.6) is 5.75 Å². The van der Waals surface area contributed by atoms with Gasteiger partial charge in [0.2, 0.25) is 0 Å². The second kappa shape index (κ2) is 5.05. The van der Waals surface area contributed by atoms with Crippen molar-refractivity contribution in [3.8, 4) is 5.75 Å². The monoisotopic (exact) mass is 250 g/mol.